The van der Waals surface area contributed by atoms with Gasteiger partial charge in [0.1, 0.15) is 4.99 Å². The Hall–Kier alpha value is -1.18. The second kappa shape index (κ2) is 6.12. The zero-order chi connectivity index (χ0) is 13.8. The third kappa shape index (κ3) is 4.99. The fraction of sp³-hybridized carbons (Fsp3) is 0.364. The minimum Gasteiger partial charge on any atom is -0.389 e. The van der Waals surface area contributed by atoms with Gasteiger partial charge in [-0.15, -0.1) is 0 Å². The maximum absolute atomic E-state index is 10.7. The van der Waals surface area contributed by atoms with E-state index < -0.39 is 10.0 Å². The largest absolute Gasteiger partial charge is 0.389 e. The highest BCUT2D eigenvalue weighted by atomic mass is 32.2. The number of nitrogens with one attached hydrogen (secondary N) is 1. The second-order valence-corrected chi connectivity index (χ2v) is 6.22. The van der Waals surface area contributed by atoms with Crippen molar-refractivity contribution in [2.24, 2.45) is 10.9 Å². The third-order valence-corrected chi connectivity index (χ3v) is 3.50. The lowest BCUT2D eigenvalue weighted by Gasteiger charge is -2.09. The molecule has 0 spiro atoms. The maximum Gasteiger partial charge on any atom is 0.209 e. The smallest absolute Gasteiger partial charge is 0.209 e. The van der Waals surface area contributed by atoms with Crippen LogP contribution in [0.15, 0.2) is 18.2 Å². The molecule has 0 fully saturated rings. The lowest BCUT2D eigenvalue weighted by Crippen LogP contribution is -2.18. The van der Waals surface area contributed by atoms with Gasteiger partial charge in [-0.3, -0.25) is 0 Å². The Morgan fingerprint density at radius 2 is 2.11 bits per heavy atom. The van der Waals surface area contributed by atoms with E-state index in [1.807, 2.05) is 25.1 Å². The van der Waals surface area contributed by atoms with Crippen molar-refractivity contribution in [1.29, 1.82) is 0 Å². The summed E-state index contributed by atoms with van der Waals surface area (Å²) < 4.78 is 21.5. The number of hydrogen-bond acceptors (Lipinski definition) is 4. The van der Waals surface area contributed by atoms with Crippen LogP contribution in [0.3, 0.4) is 0 Å². The molecule has 1 rings (SSSR count). The summed E-state index contributed by atoms with van der Waals surface area (Å²) in [6, 6.07) is 5.63. The van der Waals surface area contributed by atoms with Gasteiger partial charge in [-0.1, -0.05) is 12.2 Å². The molecular weight excluding hydrogens is 270 g/mol. The van der Waals surface area contributed by atoms with Crippen molar-refractivity contribution in [3.05, 3.63) is 29.3 Å². The molecule has 0 aliphatic carbocycles. The number of thiocarbonyl (C=S) groups is 1. The first-order valence-corrected chi connectivity index (χ1v) is 7.57. The Morgan fingerprint density at radius 3 is 2.61 bits per heavy atom. The zero-order valence-electron chi connectivity index (χ0n) is 10.1. The Kier molecular flexibility index (Phi) is 5.06. The molecule has 0 aromatic heterocycles. The van der Waals surface area contributed by atoms with Gasteiger partial charge in [0.05, 0.1) is 5.75 Å². The van der Waals surface area contributed by atoms with Crippen LogP contribution in [0.5, 0.6) is 0 Å². The molecule has 0 bridgehead atoms. The van der Waals surface area contributed by atoms with Crippen molar-refractivity contribution in [2.45, 2.75) is 13.3 Å². The van der Waals surface area contributed by atoms with Crippen LogP contribution in [0.25, 0.3) is 0 Å². The molecule has 0 amide bonds. The van der Waals surface area contributed by atoms with E-state index in [9.17, 15) is 8.42 Å². The van der Waals surface area contributed by atoms with Crippen LogP contribution in [0.4, 0.5) is 5.69 Å². The first kappa shape index (κ1) is 14.9. The van der Waals surface area contributed by atoms with Crippen molar-refractivity contribution < 1.29 is 8.42 Å². The van der Waals surface area contributed by atoms with Crippen molar-refractivity contribution in [3.63, 3.8) is 0 Å². The summed E-state index contributed by atoms with van der Waals surface area (Å²) in [6.45, 7) is 2.46. The van der Waals surface area contributed by atoms with E-state index in [-0.39, 0.29) is 5.75 Å². The molecule has 0 aliphatic heterocycles. The molecule has 0 unspecified atom stereocenters. The van der Waals surface area contributed by atoms with Gasteiger partial charge in [-0.05, 0) is 37.1 Å². The molecular formula is C11H17N3O2S2. The minimum atomic E-state index is -3.38. The lowest BCUT2D eigenvalue weighted by molar-refractivity contribution is 0.596. The van der Waals surface area contributed by atoms with Gasteiger partial charge < -0.3 is 11.1 Å². The van der Waals surface area contributed by atoms with E-state index in [0.29, 0.717) is 18.0 Å². The molecule has 0 atom stereocenters. The maximum atomic E-state index is 10.7. The van der Waals surface area contributed by atoms with Crippen LogP contribution < -0.4 is 16.2 Å². The van der Waals surface area contributed by atoms with E-state index >= 15 is 0 Å². The Balaban J connectivity index is 2.54. The predicted octanol–water partition coefficient (Wildman–Crippen LogP) is 0.720. The molecule has 0 aliphatic rings. The Labute approximate surface area is 113 Å². The second-order valence-electron chi connectivity index (χ2n) is 4.04. The number of rotatable bonds is 6. The van der Waals surface area contributed by atoms with Crippen LogP contribution in [0, 0.1) is 6.92 Å². The summed E-state index contributed by atoms with van der Waals surface area (Å²) in [5, 5.41) is 8.03. The number of nitrogens with two attached hydrogens (primary N) is 2. The molecule has 7 heteroatoms. The summed E-state index contributed by atoms with van der Waals surface area (Å²) in [5.41, 5.74) is 8.30. The minimum absolute atomic E-state index is 0.0239. The fourth-order valence-corrected chi connectivity index (χ4v) is 2.33. The molecule has 0 radical (unpaired) electrons. The number of sulfonamides is 1. The molecule has 1 aromatic rings. The van der Waals surface area contributed by atoms with Crippen molar-refractivity contribution in [1.82, 2.24) is 0 Å². The van der Waals surface area contributed by atoms with Gasteiger partial charge in [-0.25, -0.2) is 13.6 Å². The summed E-state index contributed by atoms with van der Waals surface area (Å²) in [7, 11) is -3.38. The standard InChI is InChI=1S/C11H17N3O2S2/c1-8-7-9(3-4-10(8)11(12)17)14-5-2-6-18(13,15)16/h3-4,7,14H,2,5-6H2,1H3,(H2,12,17)(H2,13,15,16). The number of benzene rings is 1. The number of anilines is 1. The normalized spacial score (nSPS) is 11.2. The summed E-state index contributed by atoms with van der Waals surface area (Å²) in [5.74, 6) is -0.0239. The molecule has 0 saturated heterocycles. The lowest BCUT2D eigenvalue weighted by atomic mass is 10.1. The number of aryl methyl sites for hydroxylation is 1. The van der Waals surface area contributed by atoms with Crippen molar-refractivity contribution >= 4 is 32.9 Å². The van der Waals surface area contributed by atoms with Crippen LogP contribution in [0.2, 0.25) is 0 Å². The topological polar surface area (TPSA) is 98.2 Å². The first-order valence-electron chi connectivity index (χ1n) is 5.44. The number of hydrogen-bond donors (Lipinski definition) is 3. The highest BCUT2D eigenvalue weighted by Gasteiger charge is 2.04. The van der Waals surface area contributed by atoms with E-state index in [1.54, 1.807) is 0 Å². The molecule has 0 saturated carbocycles. The average molecular weight is 287 g/mol. The van der Waals surface area contributed by atoms with Crippen molar-refractivity contribution in [3.8, 4) is 0 Å². The van der Waals surface area contributed by atoms with Gasteiger partial charge in [0.2, 0.25) is 10.0 Å². The van der Waals surface area contributed by atoms with Gasteiger partial charge in [0.25, 0.3) is 0 Å². The Morgan fingerprint density at radius 1 is 1.44 bits per heavy atom. The molecule has 5 nitrogen and oxygen atoms in total. The summed E-state index contributed by atoms with van der Waals surface area (Å²) in [6.07, 6.45) is 0.467. The SMILES string of the molecule is Cc1cc(NCCCS(N)(=O)=O)ccc1C(N)=S. The van der Waals surface area contributed by atoms with E-state index in [4.69, 9.17) is 23.1 Å². The Bertz CT molecular complexity index is 541. The molecule has 18 heavy (non-hydrogen) atoms. The van der Waals surface area contributed by atoms with E-state index in [2.05, 4.69) is 5.32 Å². The quantitative estimate of drug-likeness (QED) is 0.529. The molecule has 1 aromatic carbocycles. The van der Waals surface area contributed by atoms with E-state index in [1.165, 1.54) is 0 Å². The average Bonchev–Trinajstić information content (AvgIpc) is 2.22. The monoisotopic (exact) mass is 287 g/mol. The van der Waals surface area contributed by atoms with Gasteiger partial charge in [0.15, 0.2) is 0 Å². The van der Waals surface area contributed by atoms with Crippen LogP contribution in [-0.2, 0) is 10.0 Å². The highest BCUT2D eigenvalue weighted by molar-refractivity contribution is 7.89. The molecule has 0 heterocycles. The number of primary sulfonamides is 1. The molecule has 100 valence electrons. The van der Waals surface area contributed by atoms with Crippen molar-refractivity contribution in [2.75, 3.05) is 17.6 Å². The third-order valence-electron chi connectivity index (χ3n) is 2.43. The van der Waals surface area contributed by atoms with Gasteiger partial charge in [0, 0.05) is 17.8 Å². The van der Waals surface area contributed by atoms with Crippen LogP contribution >= 0.6 is 12.2 Å². The summed E-state index contributed by atoms with van der Waals surface area (Å²) >= 11 is 4.92. The van der Waals surface area contributed by atoms with Crippen LogP contribution in [-0.4, -0.2) is 25.7 Å². The molecule has 5 N–H and O–H groups in total. The van der Waals surface area contributed by atoms with Crippen LogP contribution in [0.1, 0.15) is 17.5 Å². The van der Waals surface area contributed by atoms with E-state index in [0.717, 1.165) is 16.8 Å². The predicted molar refractivity (Wildman–Crippen MR) is 78.1 cm³/mol. The summed E-state index contributed by atoms with van der Waals surface area (Å²) in [4.78, 5) is 0.369. The highest BCUT2D eigenvalue weighted by Crippen LogP contribution is 2.15. The van der Waals surface area contributed by atoms with Gasteiger partial charge in [-0.2, -0.15) is 0 Å². The van der Waals surface area contributed by atoms with Gasteiger partial charge >= 0.3 is 0 Å². The fourth-order valence-electron chi connectivity index (χ4n) is 1.56. The zero-order valence-corrected chi connectivity index (χ0v) is 11.8. The first-order chi connectivity index (χ1) is 8.29.